The lowest BCUT2D eigenvalue weighted by Gasteiger charge is -2.14. The number of para-hydroxylation sites is 1. The van der Waals surface area contributed by atoms with Crippen LogP contribution in [0, 0.1) is 0 Å². The average molecular weight is 332 g/mol. The van der Waals surface area contributed by atoms with E-state index in [2.05, 4.69) is 20.9 Å². The maximum Gasteiger partial charge on any atom is 0.419 e. The smallest absolute Gasteiger partial charge is 0.419 e. The van der Waals surface area contributed by atoms with Crippen LogP contribution in [0.4, 0.5) is 13.2 Å². The molecular formula is C13H9BrF3NO. The first-order valence-corrected chi connectivity index (χ1v) is 6.48. The van der Waals surface area contributed by atoms with Gasteiger partial charge in [0.15, 0.2) is 0 Å². The van der Waals surface area contributed by atoms with Gasteiger partial charge >= 0.3 is 6.18 Å². The van der Waals surface area contributed by atoms with E-state index in [9.17, 15) is 13.2 Å². The van der Waals surface area contributed by atoms with Crippen LogP contribution in [0.5, 0.6) is 11.6 Å². The molecule has 0 aliphatic heterocycles. The number of benzene rings is 1. The lowest BCUT2D eigenvalue weighted by molar-refractivity contribution is -0.138. The van der Waals surface area contributed by atoms with Crippen molar-refractivity contribution in [3.05, 3.63) is 53.7 Å². The van der Waals surface area contributed by atoms with E-state index in [1.807, 2.05) is 0 Å². The summed E-state index contributed by atoms with van der Waals surface area (Å²) in [7, 11) is 0. The Labute approximate surface area is 116 Å². The Bertz CT molecular complexity index is 572. The maximum atomic E-state index is 12.8. The third-order valence-electron chi connectivity index (χ3n) is 2.39. The summed E-state index contributed by atoms with van der Waals surface area (Å²) in [5.41, 5.74) is -0.138. The molecule has 0 spiro atoms. The SMILES string of the molecule is FC(F)(F)c1ccccc1Oc1ncccc1CBr. The highest BCUT2D eigenvalue weighted by atomic mass is 79.9. The molecule has 0 saturated carbocycles. The number of pyridine rings is 1. The van der Waals surface area contributed by atoms with Gasteiger partial charge < -0.3 is 4.74 Å². The molecule has 0 saturated heterocycles. The summed E-state index contributed by atoms with van der Waals surface area (Å²) >= 11 is 3.24. The Morgan fingerprint density at radius 2 is 1.84 bits per heavy atom. The van der Waals surface area contributed by atoms with Crippen molar-refractivity contribution in [2.24, 2.45) is 0 Å². The van der Waals surface area contributed by atoms with Crippen molar-refractivity contribution in [3.8, 4) is 11.6 Å². The summed E-state index contributed by atoms with van der Waals surface area (Å²) in [6, 6.07) is 8.48. The first-order chi connectivity index (χ1) is 9.02. The minimum absolute atomic E-state index is 0.163. The molecule has 0 bridgehead atoms. The predicted molar refractivity (Wildman–Crippen MR) is 68.4 cm³/mol. The fourth-order valence-corrected chi connectivity index (χ4v) is 1.94. The molecule has 0 radical (unpaired) electrons. The molecule has 0 amide bonds. The third-order valence-corrected chi connectivity index (χ3v) is 3.00. The summed E-state index contributed by atoms with van der Waals surface area (Å²) < 4.78 is 43.8. The summed E-state index contributed by atoms with van der Waals surface area (Å²) in [5, 5.41) is 0.449. The molecule has 1 aromatic heterocycles. The largest absolute Gasteiger partial charge is 0.438 e. The zero-order chi connectivity index (χ0) is 13.9. The highest BCUT2D eigenvalue weighted by Gasteiger charge is 2.34. The number of rotatable bonds is 3. The van der Waals surface area contributed by atoms with Crippen LogP contribution in [0.3, 0.4) is 0 Å². The molecule has 100 valence electrons. The van der Waals surface area contributed by atoms with E-state index in [1.165, 1.54) is 24.4 Å². The van der Waals surface area contributed by atoms with Gasteiger partial charge in [-0.25, -0.2) is 4.98 Å². The van der Waals surface area contributed by atoms with Gasteiger partial charge in [0, 0.05) is 17.1 Å². The van der Waals surface area contributed by atoms with Crippen LogP contribution in [-0.2, 0) is 11.5 Å². The maximum absolute atomic E-state index is 12.8. The van der Waals surface area contributed by atoms with Gasteiger partial charge in [0.05, 0.1) is 5.56 Å². The van der Waals surface area contributed by atoms with Crippen LogP contribution < -0.4 is 4.74 Å². The number of ether oxygens (including phenoxy) is 1. The van der Waals surface area contributed by atoms with E-state index >= 15 is 0 Å². The van der Waals surface area contributed by atoms with Gasteiger partial charge in [0.1, 0.15) is 5.75 Å². The Balaban J connectivity index is 2.39. The molecule has 19 heavy (non-hydrogen) atoms. The number of alkyl halides is 4. The van der Waals surface area contributed by atoms with Gasteiger partial charge in [0.25, 0.3) is 0 Å². The quantitative estimate of drug-likeness (QED) is 0.754. The normalized spacial score (nSPS) is 11.4. The van der Waals surface area contributed by atoms with Gasteiger partial charge in [-0.3, -0.25) is 0 Å². The molecule has 0 N–H and O–H groups in total. The molecule has 0 atom stereocenters. The van der Waals surface area contributed by atoms with Crippen LogP contribution >= 0.6 is 15.9 Å². The first-order valence-electron chi connectivity index (χ1n) is 5.36. The van der Waals surface area contributed by atoms with Crippen LogP contribution in [0.2, 0.25) is 0 Å². The van der Waals surface area contributed by atoms with E-state index in [-0.39, 0.29) is 11.6 Å². The molecule has 2 nitrogen and oxygen atoms in total. The minimum Gasteiger partial charge on any atom is -0.438 e. The Hall–Kier alpha value is -1.56. The van der Waals surface area contributed by atoms with Crippen molar-refractivity contribution in [2.45, 2.75) is 11.5 Å². The van der Waals surface area contributed by atoms with Gasteiger partial charge in [-0.2, -0.15) is 13.2 Å². The van der Waals surface area contributed by atoms with E-state index in [0.29, 0.717) is 10.9 Å². The van der Waals surface area contributed by atoms with Crippen molar-refractivity contribution in [3.63, 3.8) is 0 Å². The molecular weight excluding hydrogens is 323 g/mol. The average Bonchev–Trinajstić information content (AvgIpc) is 2.39. The lowest BCUT2D eigenvalue weighted by atomic mass is 10.2. The van der Waals surface area contributed by atoms with Crippen molar-refractivity contribution in [1.29, 1.82) is 0 Å². The summed E-state index contributed by atoms with van der Waals surface area (Å²) in [6.07, 6.45) is -2.99. The second-order valence-electron chi connectivity index (χ2n) is 3.70. The fourth-order valence-electron chi connectivity index (χ4n) is 1.51. The minimum atomic E-state index is -4.46. The molecule has 6 heteroatoms. The van der Waals surface area contributed by atoms with Gasteiger partial charge in [-0.1, -0.05) is 34.1 Å². The lowest BCUT2D eigenvalue weighted by Crippen LogP contribution is -2.07. The molecule has 0 fully saturated rings. The zero-order valence-corrected chi connectivity index (χ0v) is 11.2. The highest BCUT2D eigenvalue weighted by molar-refractivity contribution is 9.08. The Kier molecular flexibility index (Phi) is 4.09. The van der Waals surface area contributed by atoms with E-state index in [4.69, 9.17) is 4.74 Å². The summed E-state index contributed by atoms with van der Waals surface area (Å²) in [4.78, 5) is 3.95. The number of hydrogen-bond donors (Lipinski definition) is 0. The predicted octanol–water partition coefficient (Wildman–Crippen LogP) is 4.79. The standard InChI is InChI=1S/C13H9BrF3NO/c14-8-9-4-3-7-18-12(9)19-11-6-2-1-5-10(11)13(15,16)17/h1-7H,8H2. The van der Waals surface area contributed by atoms with E-state index < -0.39 is 11.7 Å². The van der Waals surface area contributed by atoms with Crippen LogP contribution in [0.1, 0.15) is 11.1 Å². The van der Waals surface area contributed by atoms with Gasteiger partial charge in [-0.05, 0) is 18.2 Å². The van der Waals surface area contributed by atoms with Crippen molar-refractivity contribution in [2.75, 3.05) is 0 Å². The molecule has 1 heterocycles. The van der Waals surface area contributed by atoms with E-state index in [0.717, 1.165) is 6.07 Å². The molecule has 2 rings (SSSR count). The van der Waals surface area contributed by atoms with Gasteiger partial charge in [-0.15, -0.1) is 0 Å². The molecule has 2 aromatic rings. The fraction of sp³-hybridized carbons (Fsp3) is 0.154. The number of hydrogen-bond acceptors (Lipinski definition) is 2. The zero-order valence-electron chi connectivity index (χ0n) is 9.62. The first kappa shape index (κ1) is 13.9. The van der Waals surface area contributed by atoms with Crippen LogP contribution in [0.15, 0.2) is 42.6 Å². The highest BCUT2D eigenvalue weighted by Crippen LogP contribution is 2.38. The second kappa shape index (κ2) is 5.61. The van der Waals surface area contributed by atoms with E-state index in [1.54, 1.807) is 12.1 Å². The number of halogens is 4. The van der Waals surface area contributed by atoms with Crippen molar-refractivity contribution >= 4 is 15.9 Å². The van der Waals surface area contributed by atoms with Crippen LogP contribution in [0.25, 0.3) is 0 Å². The molecule has 0 aliphatic carbocycles. The second-order valence-corrected chi connectivity index (χ2v) is 4.26. The monoisotopic (exact) mass is 331 g/mol. The number of aromatic nitrogens is 1. The summed E-state index contributed by atoms with van der Waals surface area (Å²) in [5.74, 6) is -0.0908. The molecule has 1 aromatic carbocycles. The number of nitrogens with zero attached hydrogens (tertiary/aromatic N) is 1. The van der Waals surface area contributed by atoms with Gasteiger partial charge in [0.2, 0.25) is 5.88 Å². The third kappa shape index (κ3) is 3.26. The van der Waals surface area contributed by atoms with Crippen molar-refractivity contribution < 1.29 is 17.9 Å². The van der Waals surface area contributed by atoms with Crippen molar-refractivity contribution in [1.82, 2.24) is 4.98 Å². The summed E-state index contributed by atoms with van der Waals surface area (Å²) in [6.45, 7) is 0. The van der Waals surface area contributed by atoms with Crippen LogP contribution in [-0.4, -0.2) is 4.98 Å². The Morgan fingerprint density at radius 3 is 2.53 bits per heavy atom. The molecule has 0 aliphatic rings. The Morgan fingerprint density at radius 1 is 1.11 bits per heavy atom. The molecule has 0 unspecified atom stereocenters. The topological polar surface area (TPSA) is 22.1 Å².